The van der Waals surface area contributed by atoms with Gasteiger partial charge in [-0.25, -0.2) is 0 Å². The van der Waals surface area contributed by atoms with E-state index in [-0.39, 0.29) is 12.6 Å². The summed E-state index contributed by atoms with van der Waals surface area (Å²) in [5.74, 6) is 0.495. The molecular formula is C15H15ClN2O3. The van der Waals surface area contributed by atoms with Crippen molar-refractivity contribution in [3.8, 4) is 5.75 Å². The van der Waals surface area contributed by atoms with Crippen LogP contribution in [0.25, 0.3) is 0 Å². The average molecular weight is 307 g/mol. The van der Waals surface area contributed by atoms with Gasteiger partial charge in [0, 0.05) is 5.56 Å². The minimum absolute atomic E-state index is 0.0492. The number of hydrogen-bond acceptors (Lipinski definition) is 4. The van der Waals surface area contributed by atoms with Crippen LogP contribution in [0.4, 0.5) is 0 Å². The molecular weight excluding hydrogens is 292 g/mol. The fraction of sp³-hybridized carbons (Fsp3) is 0.133. The second-order valence-corrected chi connectivity index (χ2v) is 4.63. The molecule has 0 aliphatic heterocycles. The number of hydrogen-bond donors (Lipinski definition) is 2. The SMILES string of the molecule is N/C(=N/O)c1ccc(OCOCc2ccccc2)cc1Cl. The van der Waals surface area contributed by atoms with Crippen molar-refractivity contribution in [3.05, 3.63) is 64.7 Å². The van der Waals surface area contributed by atoms with Crippen LogP contribution >= 0.6 is 11.6 Å². The highest BCUT2D eigenvalue weighted by atomic mass is 35.5. The van der Waals surface area contributed by atoms with Crippen LogP contribution in [0.2, 0.25) is 5.02 Å². The predicted octanol–water partition coefficient (Wildman–Crippen LogP) is 2.99. The number of benzene rings is 2. The van der Waals surface area contributed by atoms with E-state index in [9.17, 15) is 0 Å². The van der Waals surface area contributed by atoms with Gasteiger partial charge in [0.05, 0.1) is 11.6 Å². The molecule has 3 N–H and O–H groups in total. The Kier molecular flexibility index (Phi) is 5.43. The first kappa shape index (κ1) is 15.2. The zero-order chi connectivity index (χ0) is 15.1. The van der Waals surface area contributed by atoms with Crippen molar-refractivity contribution in [1.82, 2.24) is 0 Å². The molecule has 21 heavy (non-hydrogen) atoms. The molecule has 0 aliphatic carbocycles. The highest BCUT2D eigenvalue weighted by molar-refractivity contribution is 6.34. The molecule has 0 spiro atoms. The van der Waals surface area contributed by atoms with Crippen molar-refractivity contribution >= 4 is 17.4 Å². The number of oxime groups is 1. The molecule has 2 rings (SSSR count). The van der Waals surface area contributed by atoms with Crippen LogP contribution in [-0.4, -0.2) is 17.8 Å². The minimum Gasteiger partial charge on any atom is -0.467 e. The van der Waals surface area contributed by atoms with Crippen LogP contribution in [0.15, 0.2) is 53.7 Å². The molecule has 0 unspecified atom stereocenters. The monoisotopic (exact) mass is 306 g/mol. The quantitative estimate of drug-likeness (QED) is 0.215. The normalized spacial score (nSPS) is 11.4. The standard InChI is InChI=1S/C15H15ClN2O3/c16-14-8-12(6-7-13(14)15(17)18-19)21-10-20-9-11-4-2-1-3-5-11/h1-8,19H,9-10H2,(H2,17,18). The van der Waals surface area contributed by atoms with E-state index in [0.717, 1.165) is 5.56 Å². The van der Waals surface area contributed by atoms with Gasteiger partial charge >= 0.3 is 0 Å². The first-order chi connectivity index (χ1) is 10.2. The molecule has 6 heteroatoms. The van der Waals surface area contributed by atoms with E-state index in [4.69, 9.17) is 32.0 Å². The second kappa shape index (κ2) is 7.52. The van der Waals surface area contributed by atoms with Gasteiger partial charge < -0.3 is 20.4 Å². The third-order valence-corrected chi connectivity index (χ3v) is 3.06. The molecule has 0 bridgehead atoms. The number of nitrogens with zero attached hydrogens (tertiary/aromatic N) is 1. The molecule has 2 aromatic carbocycles. The molecule has 5 nitrogen and oxygen atoms in total. The maximum absolute atomic E-state index is 8.62. The topological polar surface area (TPSA) is 77.1 Å². The first-order valence-electron chi connectivity index (χ1n) is 6.22. The lowest BCUT2D eigenvalue weighted by Gasteiger charge is -2.09. The van der Waals surface area contributed by atoms with Gasteiger partial charge in [0.25, 0.3) is 0 Å². The van der Waals surface area contributed by atoms with E-state index < -0.39 is 0 Å². The van der Waals surface area contributed by atoms with Crippen LogP contribution in [0, 0.1) is 0 Å². The molecule has 0 aromatic heterocycles. The number of halogens is 1. The summed E-state index contributed by atoms with van der Waals surface area (Å²) in [6, 6.07) is 14.7. The van der Waals surface area contributed by atoms with Gasteiger partial charge in [0.1, 0.15) is 5.75 Å². The highest BCUT2D eigenvalue weighted by Crippen LogP contribution is 2.22. The van der Waals surface area contributed by atoms with Gasteiger partial charge in [-0.2, -0.15) is 0 Å². The van der Waals surface area contributed by atoms with Crippen LogP contribution in [0.3, 0.4) is 0 Å². The van der Waals surface area contributed by atoms with Gasteiger partial charge in [-0.1, -0.05) is 47.1 Å². The van der Waals surface area contributed by atoms with E-state index in [1.165, 1.54) is 0 Å². The second-order valence-electron chi connectivity index (χ2n) is 4.22. The fourth-order valence-electron chi connectivity index (χ4n) is 1.69. The van der Waals surface area contributed by atoms with E-state index >= 15 is 0 Å². The molecule has 110 valence electrons. The molecule has 0 saturated carbocycles. The molecule has 0 heterocycles. The van der Waals surface area contributed by atoms with Crippen molar-refractivity contribution < 1.29 is 14.7 Å². The summed E-state index contributed by atoms with van der Waals surface area (Å²) >= 11 is 6.02. The zero-order valence-electron chi connectivity index (χ0n) is 11.2. The molecule has 0 atom stereocenters. The number of rotatable bonds is 6. The lowest BCUT2D eigenvalue weighted by molar-refractivity contribution is 0.00505. The van der Waals surface area contributed by atoms with Crippen LogP contribution in [0.1, 0.15) is 11.1 Å². The molecule has 2 aromatic rings. The Bertz CT molecular complexity index is 618. The maximum Gasteiger partial charge on any atom is 0.189 e. The zero-order valence-corrected chi connectivity index (χ0v) is 12.0. The van der Waals surface area contributed by atoms with Gasteiger partial charge in [-0.05, 0) is 23.8 Å². The summed E-state index contributed by atoms with van der Waals surface area (Å²) < 4.78 is 10.8. The predicted molar refractivity (Wildman–Crippen MR) is 80.7 cm³/mol. The fourth-order valence-corrected chi connectivity index (χ4v) is 1.96. The molecule has 0 radical (unpaired) electrons. The summed E-state index contributed by atoms with van der Waals surface area (Å²) in [4.78, 5) is 0. The lowest BCUT2D eigenvalue weighted by Crippen LogP contribution is -2.13. The Labute approximate surface area is 127 Å². The first-order valence-corrected chi connectivity index (χ1v) is 6.60. The smallest absolute Gasteiger partial charge is 0.189 e. The Balaban J connectivity index is 1.85. The van der Waals surface area contributed by atoms with Crippen LogP contribution in [-0.2, 0) is 11.3 Å². The number of ether oxygens (including phenoxy) is 2. The molecule has 0 saturated heterocycles. The van der Waals surface area contributed by atoms with Gasteiger partial charge in [0.2, 0.25) is 0 Å². The summed E-state index contributed by atoms with van der Waals surface area (Å²) in [5.41, 5.74) is 6.99. The summed E-state index contributed by atoms with van der Waals surface area (Å²) in [5, 5.41) is 11.9. The average Bonchev–Trinajstić information content (AvgIpc) is 2.52. The number of nitrogens with two attached hydrogens (primary N) is 1. The van der Waals surface area contributed by atoms with Crippen molar-refractivity contribution in [1.29, 1.82) is 0 Å². The summed E-state index contributed by atoms with van der Waals surface area (Å²) in [7, 11) is 0. The van der Waals surface area contributed by atoms with Gasteiger partial charge in [0.15, 0.2) is 12.6 Å². The van der Waals surface area contributed by atoms with E-state index in [0.29, 0.717) is 22.9 Å². The molecule has 0 aliphatic rings. The Morgan fingerprint density at radius 3 is 2.62 bits per heavy atom. The largest absolute Gasteiger partial charge is 0.467 e. The number of amidine groups is 1. The Morgan fingerprint density at radius 2 is 1.95 bits per heavy atom. The molecule has 0 amide bonds. The van der Waals surface area contributed by atoms with Gasteiger partial charge in [-0.15, -0.1) is 0 Å². The highest BCUT2D eigenvalue weighted by Gasteiger charge is 2.06. The third-order valence-electron chi connectivity index (χ3n) is 2.74. The van der Waals surface area contributed by atoms with Crippen LogP contribution in [0.5, 0.6) is 5.75 Å². The third kappa shape index (κ3) is 4.37. The maximum atomic E-state index is 8.62. The summed E-state index contributed by atoms with van der Waals surface area (Å²) in [6.07, 6.45) is 0. The summed E-state index contributed by atoms with van der Waals surface area (Å²) in [6.45, 7) is 0.574. The van der Waals surface area contributed by atoms with Crippen molar-refractivity contribution in [3.63, 3.8) is 0 Å². The Morgan fingerprint density at radius 1 is 1.19 bits per heavy atom. The van der Waals surface area contributed by atoms with E-state index in [1.54, 1.807) is 18.2 Å². The van der Waals surface area contributed by atoms with Crippen molar-refractivity contribution in [2.45, 2.75) is 6.61 Å². The van der Waals surface area contributed by atoms with E-state index in [1.807, 2.05) is 30.3 Å². The minimum atomic E-state index is -0.0492. The molecule has 0 fully saturated rings. The van der Waals surface area contributed by atoms with Gasteiger partial charge in [-0.3, -0.25) is 0 Å². The van der Waals surface area contributed by atoms with Crippen molar-refractivity contribution in [2.75, 3.05) is 6.79 Å². The van der Waals surface area contributed by atoms with Crippen LogP contribution < -0.4 is 10.5 Å². The lowest BCUT2D eigenvalue weighted by atomic mass is 10.2. The Hall–Kier alpha value is -2.24. The van der Waals surface area contributed by atoms with E-state index in [2.05, 4.69) is 5.16 Å². The van der Waals surface area contributed by atoms with Crippen molar-refractivity contribution in [2.24, 2.45) is 10.9 Å².